The van der Waals surface area contributed by atoms with Gasteiger partial charge in [-0.15, -0.1) is 0 Å². The molecule has 0 heterocycles. The van der Waals surface area contributed by atoms with Crippen molar-refractivity contribution in [3.8, 4) is 0 Å². The maximum absolute atomic E-state index is 12.6. The van der Waals surface area contributed by atoms with E-state index in [1.165, 1.54) is 44.9 Å². The standard InChI is InChI=1S/C42H73O10P/c1-3-5-7-9-11-13-15-17-18-19-20-22-23-25-27-29-31-33-41(45)49-37-40(38-51-53(47,48)50-36-39(44)35-43)52-42(46)34-32-30-28-26-24-21-16-14-12-10-8-6-4-2/h11,13-14,16-18,20,22,25,27,39-40,43-44H,3-10,12,15,19,21,23-24,26,28-38H2,1-2H3,(H,47,48)/b13-11-,16-14-,18-17-,22-20-,27-25-/t39-,40+/m0/s1. The molecule has 0 bridgehead atoms. The van der Waals surface area contributed by atoms with Crippen molar-refractivity contribution in [3.05, 3.63) is 60.8 Å². The molecule has 306 valence electrons. The summed E-state index contributed by atoms with van der Waals surface area (Å²) in [6.07, 6.45) is 40.5. The first-order valence-corrected chi connectivity index (χ1v) is 21.7. The van der Waals surface area contributed by atoms with Crippen LogP contribution >= 0.6 is 7.82 Å². The van der Waals surface area contributed by atoms with E-state index < -0.39 is 51.8 Å². The molecule has 10 nitrogen and oxygen atoms in total. The Morgan fingerprint density at radius 2 is 1.00 bits per heavy atom. The lowest BCUT2D eigenvalue weighted by atomic mass is 10.1. The molecule has 53 heavy (non-hydrogen) atoms. The van der Waals surface area contributed by atoms with Crippen LogP contribution in [0.15, 0.2) is 60.8 Å². The van der Waals surface area contributed by atoms with Crippen molar-refractivity contribution >= 4 is 19.8 Å². The normalized spacial score (nSPS) is 14.6. The number of rotatable bonds is 37. The van der Waals surface area contributed by atoms with Gasteiger partial charge in [-0.05, 0) is 77.0 Å². The van der Waals surface area contributed by atoms with Crippen molar-refractivity contribution in [1.29, 1.82) is 0 Å². The second kappa shape index (κ2) is 38.0. The Morgan fingerprint density at radius 3 is 1.58 bits per heavy atom. The van der Waals surface area contributed by atoms with Crippen LogP contribution in [0.2, 0.25) is 0 Å². The first-order chi connectivity index (χ1) is 25.7. The molecule has 0 aromatic carbocycles. The molecule has 0 fully saturated rings. The van der Waals surface area contributed by atoms with E-state index in [9.17, 15) is 24.2 Å². The fourth-order valence-electron chi connectivity index (χ4n) is 4.98. The molecule has 0 aromatic heterocycles. The highest BCUT2D eigenvalue weighted by Crippen LogP contribution is 2.43. The average molecular weight is 769 g/mol. The monoisotopic (exact) mass is 768 g/mol. The molecule has 0 aromatic rings. The van der Waals surface area contributed by atoms with Gasteiger partial charge in [-0.3, -0.25) is 18.6 Å². The largest absolute Gasteiger partial charge is 0.472 e. The third-order valence-electron chi connectivity index (χ3n) is 8.14. The molecule has 3 atom stereocenters. The minimum absolute atomic E-state index is 0.160. The Balaban J connectivity index is 4.45. The van der Waals surface area contributed by atoms with Crippen molar-refractivity contribution < 1.29 is 47.8 Å². The number of carbonyl (C=O) groups excluding carboxylic acids is 2. The number of ether oxygens (including phenoxy) is 2. The maximum Gasteiger partial charge on any atom is 0.472 e. The first-order valence-electron chi connectivity index (χ1n) is 20.2. The third-order valence-corrected chi connectivity index (χ3v) is 9.10. The van der Waals surface area contributed by atoms with Crippen LogP contribution in [0, 0.1) is 0 Å². The minimum atomic E-state index is -4.63. The SMILES string of the molecule is CCCCC/C=C\C/C=C\C/C=C\C/C=C\CCCC(=O)OC[C@H](COP(=O)(O)OC[C@@H](O)CO)OC(=O)CCCCCCC/C=C\CCCCCC. The molecule has 0 rings (SSSR count). The molecule has 3 N–H and O–H groups in total. The third kappa shape index (κ3) is 37.8. The molecule has 0 radical (unpaired) electrons. The van der Waals surface area contributed by atoms with Gasteiger partial charge in [-0.2, -0.15) is 0 Å². The van der Waals surface area contributed by atoms with E-state index in [1.807, 2.05) is 6.08 Å². The smallest absolute Gasteiger partial charge is 0.462 e. The van der Waals surface area contributed by atoms with Gasteiger partial charge in [0.2, 0.25) is 0 Å². The van der Waals surface area contributed by atoms with Crippen molar-refractivity contribution in [3.63, 3.8) is 0 Å². The molecule has 1 unspecified atom stereocenters. The van der Waals surface area contributed by atoms with E-state index in [1.54, 1.807) is 0 Å². The van der Waals surface area contributed by atoms with E-state index in [4.69, 9.17) is 19.1 Å². The number of aliphatic hydroxyl groups excluding tert-OH is 2. The maximum atomic E-state index is 12.6. The number of unbranched alkanes of at least 4 members (excludes halogenated alkanes) is 13. The summed E-state index contributed by atoms with van der Waals surface area (Å²) in [5.74, 6) is -1.01. The zero-order valence-electron chi connectivity index (χ0n) is 33.0. The van der Waals surface area contributed by atoms with Crippen molar-refractivity contribution in [2.45, 2.75) is 167 Å². The number of allylic oxidation sites excluding steroid dienone is 10. The van der Waals surface area contributed by atoms with E-state index in [2.05, 4.69) is 73.1 Å². The Labute approximate surface area is 321 Å². The zero-order valence-corrected chi connectivity index (χ0v) is 33.9. The van der Waals surface area contributed by atoms with Crippen LogP contribution in [0.1, 0.15) is 155 Å². The second-order valence-electron chi connectivity index (χ2n) is 13.3. The van der Waals surface area contributed by atoms with Gasteiger partial charge < -0.3 is 24.6 Å². The van der Waals surface area contributed by atoms with Gasteiger partial charge >= 0.3 is 19.8 Å². The van der Waals surface area contributed by atoms with Gasteiger partial charge in [0.15, 0.2) is 6.10 Å². The topological polar surface area (TPSA) is 149 Å². The Morgan fingerprint density at radius 1 is 0.566 bits per heavy atom. The quantitative estimate of drug-likeness (QED) is 0.0241. The van der Waals surface area contributed by atoms with Gasteiger partial charge in [0.05, 0.1) is 19.8 Å². The van der Waals surface area contributed by atoms with Gasteiger partial charge in [-0.1, -0.05) is 126 Å². The highest BCUT2D eigenvalue weighted by atomic mass is 31.2. The summed E-state index contributed by atoms with van der Waals surface area (Å²) in [7, 11) is -4.63. The average Bonchev–Trinajstić information content (AvgIpc) is 3.14. The zero-order chi connectivity index (χ0) is 39.1. The molecule has 11 heteroatoms. The molecular weight excluding hydrogens is 695 g/mol. The molecule has 0 amide bonds. The van der Waals surface area contributed by atoms with Gasteiger partial charge in [0.1, 0.15) is 12.7 Å². The summed E-state index contributed by atoms with van der Waals surface area (Å²) < 4.78 is 32.6. The van der Waals surface area contributed by atoms with Crippen molar-refractivity contribution in [2.75, 3.05) is 26.4 Å². The van der Waals surface area contributed by atoms with Crippen LogP contribution in [0.5, 0.6) is 0 Å². The van der Waals surface area contributed by atoms with Crippen LogP contribution in [0.4, 0.5) is 0 Å². The molecule has 0 saturated carbocycles. The lowest BCUT2D eigenvalue weighted by Crippen LogP contribution is -2.29. The number of phosphoric acid groups is 1. The lowest BCUT2D eigenvalue weighted by molar-refractivity contribution is -0.161. The predicted molar refractivity (Wildman–Crippen MR) is 214 cm³/mol. The molecule has 0 aliphatic rings. The molecule has 0 aliphatic heterocycles. The molecule has 0 spiro atoms. The summed E-state index contributed by atoms with van der Waals surface area (Å²) in [6, 6.07) is 0. The Bertz CT molecular complexity index is 1070. The second-order valence-corrected chi connectivity index (χ2v) is 14.8. The number of hydrogen-bond donors (Lipinski definition) is 3. The summed E-state index contributed by atoms with van der Waals surface area (Å²) >= 11 is 0. The molecule has 0 saturated heterocycles. The summed E-state index contributed by atoms with van der Waals surface area (Å²) in [5, 5.41) is 18.3. The Hall–Kier alpha value is -2.33. The van der Waals surface area contributed by atoms with Crippen LogP contribution in [0.3, 0.4) is 0 Å². The minimum Gasteiger partial charge on any atom is -0.462 e. The van der Waals surface area contributed by atoms with Crippen LogP contribution in [-0.4, -0.2) is 65.7 Å². The highest BCUT2D eigenvalue weighted by molar-refractivity contribution is 7.47. The van der Waals surface area contributed by atoms with Gasteiger partial charge in [0, 0.05) is 12.8 Å². The lowest BCUT2D eigenvalue weighted by Gasteiger charge is -2.20. The molecule has 0 aliphatic carbocycles. The highest BCUT2D eigenvalue weighted by Gasteiger charge is 2.27. The van der Waals surface area contributed by atoms with E-state index in [0.717, 1.165) is 64.2 Å². The van der Waals surface area contributed by atoms with Gasteiger partial charge in [-0.25, -0.2) is 4.57 Å². The van der Waals surface area contributed by atoms with Crippen molar-refractivity contribution in [2.24, 2.45) is 0 Å². The van der Waals surface area contributed by atoms with Gasteiger partial charge in [0.25, 0.3) is 0 Å². The van der Waals surface area contributed by atoms with Crippen molar-refractivity contribution in [1.82, 2.24) is 0 Å². The summed E-state index contributed by atoms with van der Waals surface area (Å²) in [4.78, 5) is 34.9. The first kappa shape index (κ1) is 50.7. The fraction of sp³-hybridized carbons (Fsp3) is 0.714. The number of esters is 2. The number of hydrogen-bond acceptors (Lipinski definition) is 9. The Kier molecular flexibility index (Phi) is 36.3. The van der Waals surface area contributed by atoms with E-state index in [0.29, 0.717) is 19.3 Å². The van der Waals surface area contributed by atoms with Crippen LogP contribution in [-0.2, 0) is 32.7 Å². The number of carbonyl (C=O) groups is 2. The van der Waals surface area contributed by atoms with E-state index in [-0.39, 0.29) is 19.4 Å². The van der Waals surface area contributed by atoms with Crippen LogP contribution < -0.4 is 0 Å². The number of phosphoric ester groups is 1. The van der Waals surface area contributed by atoms with E-state index >= 15 is 0 Å². The fourth-order valence-corrected chi connectivity index (χ4v) is 5.77. The molecular formula is C42H73O10P. The summed E-state index contributed by atoms with van der Waals surface area (Å²) in [6.45, 7) is 2.24. The summed E-state index contributed by atoms with van der Waals surface area (Å²) in [5.41, 5.74) is 0. The number of aliphatic hydroxyl groups is 2. The predicted octanol–water partition coefficient (Wildman–Crippen LogP) is 10.3. The van der Waals surface area contributed by atoms with Crippen LogP contribution in [0.25, 0.3) is 0 Å².